The molecular formula is C12H12BrN3S. The molecule has 0 saturated heterocycles. The Balaban J connectivity index is 1.81. The molecule has 0 amide bonds. The second-order valence-electron chi connectivity index (χ2n) is 4.21. The van der Waals surface area contributed by atoms with E-state index in [9.17, 15) is 0 Å². The molecule has 1 heterocycles. The molecule has 2 aromatic rings. The van der Waals surface area contributed by atoms with E-state index in [0.29, 0.717) is 0 Å². The Labute approximate surface area is 113 Å². The first kappa shape index (κ1) is 11.3. The molecule has 1 aliphatic carbocycles. The lowest BCUT2D eigenvalue weighted by Gasteiger charge is -2.02. The second-order valence-corrected chi connectivity index (χ2v) is 5.96. The minimum atomic E-state index is 0.717. The quantitative estimate of drug-likeness (QED) is 0.942. The largest absolute Gasteiger partial charge is 0.309 e. The molecule has 0 spiro atoms. The lowest BCUT2D eigenvalue weighted by Crippen LogP contribution is -2.14. The predicted octanol–water partition coefficient (Wildman–Crippen LogP) is 3.22. The van der Waals surface area contributed by atoms with Crippen LogP contribution in [0.3, 0.4) is 0 Å². The third kappa shape index (κ3) is 2.73. The first-order valence-corrected chi connectivity index (χ1v) is 7.20. The van der Waals surface area contributed by atoms with Crippen molar-refractivity contribution in [1.29, 1.82) is 0 Å². The average Bonchev–Trinajstić information content (AvgIpc) is 3.06. The molecule has 0 aliphatic heterocycles. The minimum Gasteiger partial charge on any atom is -0.309 e. The van der Waals surface area contributed by atoms with Crippen LogP contribution in [-0.2, 0) is 6.54 Å². The topological polar surface area (TPSA) is 37.8 Å². The van der Waals surface area contributed by atoms with Crippen LogP contribution in [0, 0.1) is 0 Å². The van der Waals surface area contributed by atoms with Crippen molar-refractivity contribution in [1.82, 2.24) is 14.9 Å². The molecular weight excluding hydrogens is 298 g/mol. The van der Waals surface area contributed by atoms with Gasteiger partial charge in [-0.2, -0.15) is 0 Å². The van der Waals surface area contributed by atoms with E-state index in [0.717, 1.165) is 28.3 Å². The van der Waals surface area contributed by atoms with Crippen LogP contribution in [0.15, 0.2) is 28.7 Å². The maximum atomic E-state index is 4.23. The Morgan fingerprint density at radius 2 is 2.06 bits per heavy atom. The zero-order chi connectivity index (χ0) is 11.7. The number of benzene rings is 1. The summed E-state index contributed by atoms with van der Waals surface area (Å²) in [7, 11) is 0. The van der Waals surface area contributed by atoms with Crippen molar-refractivity contribution >= 4 is 27.5 Å². The molecule has 17 heavy (non-hydrogen) atoms. The lowest BCUT2D eigenvalue weighted by molar-refractivity contribution is 0.695. The van der Waals surface area contributed by atoms with E-state index < -0.39 is 0 Å². The van der Waals surface area contributed by atoms with Gasteiger partial charge >= 0.3 is 0 Å². The fourth-order valence-electron chi connectivity index (χ4n) is 1.68. The second kappa shape index (κ2) is 4.84. The zero-order valence-corrected chi connectivity index (χ0v) is 11.6. The van der Waals surface area contributed by atoms with Gasteiger partial charge in [0, 0.05) is 22.6 Å². The Bertz CT molecular complexity index is 505. The van der Waals surface area contributed by atoms with Gasteiger partial charge in [0.25, 0.3) is 0 Å². The van der Waals surface area contributed by atoms with E-state index in [1.165, 1.54) is 29.3 Å². The lowest BCUT2D eigenvalue weighted by atomic mass is 10.1. The van der Waals surface area contributed by atoms with Crippen LogP contribution in [0.4, 0.5) is 0 Å². The number of hydrogen-bond acceptors (Lipinski definition) is 4. The van der Waals surface area contributed by atoms with Gasteiger partial charge in [0.1, 0.15) is 5.69 Å². The van der Waals surface area contributed by atoms with Gasteiger partial charge in [-0.15, -0.1) is 5.10 Å². The average molecular weight is 310 g/mol. The van der Waals surface area contributed by atoms with Crippen molar-refractivity contribution in [2.45, 2.75) is 25.4 Å². The van der Waals surface area contributed by atoms with Crippen LogP contribution in [0.5, 0.6) is 0 Å². The maximum absolute atomic E-state index is 4.23. The summed E-state index contributed by atoms with van der Waals surface area (Å²) in [6.45, 7) is 0.883. The van der Waals surface area contributed by atoms with Gasteiger partial charge in [-0.1, -0.05) is 32.6 Å². The molecule has 88 valence electrons. The minimum absolute atomic E-state index is 0.717. The maximum Gasteiger partial charge on any atom is 0.110 e. The van der Waals surface area contributed by atoms with Crippen LogP contribution in [0.2, 0.25) is 0 Å². The van der Waals surface area contributed by atoms with Crippen LogP contribution < -0.4 is 5.32 Å². The molecule has 0 atom stereocenters. The van der Waals surface area contributed by atoms with Crippen molar-refractivity contribution in [3.63, 3.8) is 0 Å². The molecule has 1 aromatic heterocycles. The SMILES string of the molecule is Brc1ccc(-c2nnsc2CNC2CC2)cc1. The third-order valence-electron chi connectivity index (χ3n) is 2.80. The molecule has 0 unspecified atom stereocenters. The molecule has 3 nitrogen and oxygen atoms in total. The molecule has 1 aliphatic rings. The van der Waals surface area contributed by atoms with E-state index in [1.54, 1.807) is 0 Å². The first-order valence-electron chi connectivity index (χ1n) is 5.63. The highest BCUT2D eigenvalue weighted by Gasteiger charge is 2.21. The standard InChI is InChI=1S/C12H12BrN3S/c13-9-3-1-8(2-4-9)12-11(17-16-15-12)7-14-10-5-6-10/h1-4,10,14H,5-7H2. The summed E-state index contributed by atoms with van der Waals surface area (Å²) in [5, 5.41) is 7.73. The highest BCUT2D eigenvalue weighted by Crippen LogP contribution is 2.26. The van der Waals surface area contributed by atoms with E-state index >= 15 is 0 Å². The Hall–Kier alpha value is -0.780. The highest BCUT2D eigenvalue weighted by molar-refractivity contribution is 9.10. The fraction of sp³-hybridized carbons (Fsp3) is 0.333. The van der Waals surface area contributed by atoms with Crippen LogP contribution >= 0.6 is 27.5 Å². The zero-order valence-electron chi connectivity index (χ0n) is 9.19. The summed E-state index contributed by atoms with van der Waals surface area (Å²) in [4.78, 5) is 1.22. The summed E-state index contributed by atoms with van der Waals surface area (Å²) < 4.78 is 5.14. The van der Waals surface area contributed by atoms with Crippen LogP contribution in [0.1, 0.15) is 17.7 Å². The molecule has 3 rings (SSSR count). The van der Waals surface area contributed by atoms with Gasteiger partial charge < -0.3 is 5.32 Å². The Kier molecular flexibility index (Phi) is 3.22. The molecule has 0 radical (unpaired) electrons. The Morgan fingerprint density at radius 1 is 1.29 bits per heavy atom. The van der Waals surface area contributed by atoms with Crippen LogP contribution in [0.25, 0.3) is 11.3 Å². The Morgan fingerprint density at radius 3 is 2.76 bits per heavy atom. The highest BCUT2D eigenvalue weighted by atomic mass is 79.9. The molecule has 1 N–H and O–H groups in total. The van der Waals surface area contributed by atoms with Gasteiger partial charge in [-0.3, -0.25) is 0 Å². The van der Waals surface area contributed by atoms with Crippen molar-refractivity contribution in [3.8, 4) is 11.3 Å². The molecule has 0 bridgehead atoms. The normalized spacial score (nSPS) is 15.1. The van der Waals surface area contributed by atoms with Crippen molar-refractivity contribution in [3.05, 3.63) is 33.6 Å². The smallest absolute Gasteiger partial charge is 0.110 e. The number of hydrogen-bond donors (Lipinski definition) is 1. The fourth-order valence-corrected chi connectivity index (χ4v) is 2.55. The van der Waals surface area contributed by atoms with E-state index in [2.05, 4.69) is 43.0 Å². The van der Waals surface area contributed by atoms with Gasteiger partial charge in [0.2, 0.25) is 0 Å². The number of halogens is 1. The summed E-state index contributed by atoms with van der Waals surface area (Å²) in [6.07, 6.45) is 2.61. The van der Waals surface area contributed by atoms with Crippen LogP contribution in [-0.4, -0.2) is 15.6 Å². The van der Waals surface area contributed by atoms with E-state index in [4.69, 9.17) is 0 Å². The molecule has 5 heteroatoms. The number of nitrogens with zero attached hydrogens (tertiary/aromatic N) is 2. The number of nitrogens with one attached hydrogen (secondary N) is 1. The van der Waals surface area contributed by atoms with Crippen molar-refractivity contribution in [2.24, 2.45) is 0 Å². The summed E-state index contributed by atoms with van der Waals surface area (Å²) in [6, 6.07) is 8.93. The molecule has 1 saturated carbocycles. The van der Waals surface area contributed by atoms with Gasteiger partial charge in [0.05, 0.1) is 4.88 Å². The first-order chi connectivity index (χ1) is 8.33. The predicted molar refractivity (Wildman–Crippen MR) is 72.9 cm³/mol. The monoisotopic (exact) mass is 309 g/mol. The molecule has 1 aromatic carbocycles. The van der Waals surface area contributed by atoms with Crippen molar-refractivity contribution < 1.29 is 0 Å². The summed E-state index contributed by atoms with van der Waals surface area (Å²) in [5.74, 6) is 0. The van der Waals surface area contributed by atoms with E-state index in [1.807, 2.05) is 12.1 Å². The van der Waals surface area contributed by atoms with Crippen molar-refractivity contribution in [2.75, 3.05) is 0 Å². The third-order valence-corrected chi connectivity index (χ3v) is 4.05. The summed E-state index contributed by atoms with van der Waals surface area (Å²) in [5.41, 5.74) is 2.14. The van der Waals surface area contributed by atoms with E-state index in [-0.39, 0.29) is 0 Å². The number of rotatable bonds is 4. The number of aromatic nitrogens is 2. The van der Waals surface area contributed by atoms with Gasteiger partial charge in [-0.25, -0.2) is 0 Å². The van der Waals surface area contributed by atoms with Gasteiger partial charge in [-0.05, 0) is 36.5 Å². The summed E-state index contributed by atoms with van der Waals surface area (Å²) >= 11 is 4.92. The molecule has 1 fully saturated rings. The van der Waals surface area contributed by atoms with Gasteiger partial charge in [0.15, 0.2) is 0 Å².